The number of ether oxygens (including phenoxy) is 1. The van der Waals surface area contributed by atoms with Crippen molar-refractivity contribution < 1.29 is 19.5 Å². The van der Waals surface area contributed by atoms with E-state index in [1.807, 2.05) is 0 Å². The Morgan fingerprint density at radius 1 is 1.18 bits per heavy atom. The maximum absolute atomic E-state index is 12.0. The van der Waals surface area contributed by atoms with E-state index in [9.17, 15) is 14.8 Å². The van der Waals surface area contributed by atoms with Gasteiger partial charge in [-0.25, -0.2) is 5.06 Å². The van der Waals surface area contributed by atoms with E-state index >= 15 is 0 Å². The highest BCUT2D eigenvalue weighted by molar-refractivity contribution is 6.06. The quantitative estimate of drug-likeness (QED) is 0.425. The molecule has 2 amide bonds. The van der Waals surface area contributed by atoms with Crippen molar-refractivity contribution in [3.8, 4) is 5.75 Å². The Morgan fingerprint density at radius 3 is 2.50 bits per heavy atom. The van der Waals surface area contributed by atoms with Crippen LogP contribution in [-0.2, 0) is 9.59 Å². The number of nitrogens with zero attached hydrogens (tertiary/aromatic N) is 1. The number of benzene rings is 1. The molecule has 0 aliphatic carbocycles. The minimum Gasteiger partial charge on any atom is -0.490 e. The van der Waals surface area contributed by atoms with E-state index in [1.165, 1.54) is 24.1 Å². The predicted molar refractivity (Wildman–Crippen MR) is 109 cm³/mol. The van der Waals surface area contributed by atoms with Crippen LogP contribution in [0.1, 0.15) is 46.1 Å². The Bertz CT molecular complexity index is 802. The second kappa shape index (κ2) is 9.90. The summed E-state index contributed by atoms with van der Waals surface area (Å²) in [7, 11) is 0. The average Bonchev–Trinajstić information content (AvgIpc) is 2.65. The molecule has 28 heavy (non-hydrogen) atoms. The highest BCUT2D eigenvalue weighted by Gasteiger charge is 2.33. The normalized spacial score (nSPS) is 18.9. The van der Waals surface area contributed by atoms with Gasteiger partial charge in [0.2, 0.25) is 5.91 Å². The number of carbonyl (C=O) groups is 2. The summed E-state index contributed by atoms with van der Waals surface area (Å²) in [5.74, 6) is -0.354. The van der Waals surface area contributed by atoms with Gasteiger partial charge in [-0.3, -0.25) is 14.8 Å². The molecule has 6 nitrogen and oxygen atoms in total. The van der Waals surface area contributed by atoms with E-state index in [4.69, 9.17) is 4.74 Å². The van der Waals surface area contributed by atoms with Crippen LogP contribution in [0.25, 0.3) is 6.08 Å². The van der Waals surface area contributed by atoms with Gasteiger partial charge in [-0.05, 0) is 70.4 Å². The molecule has 6 heteroatoms. The molecule has 1 aliphatic rings. The summed E-state index contributed by atoms with van der Waals surface area (Å²) in [6.07, 6.45) is 7.87. The Balaban J connectivity index is 1.92. The van der Waals surface area contributed by atoms with Crippen molar-refractivity contribution in [2.24, 2.45) is 0 Å². The summed E-state index contributed by atoms with van der Waals surface area (Å²) >= 11 is 0. The Labute approximate surface area is 166 Å². The first kappa shape index (κ1) is 21.4. The van der Waals surface area contributed by atoms with E-state index in [-0.39, 0.29) is 5.70 Å². The lowest BCUT2D eigenvalue weighted by molar-refractivity contribution is -0.178. The molecular formula is C22H28N2O4. The molecule has 1 aromatic rings. The molecule has 0 saturated carbocycles. The van der Waals surface area contributed by atoms with Crippen LogP contribution in [0, 0.1) is 0 Å². The van der Waals surface area contributed by atoms with Gasteiger partial charge in [-0.1, -0.05) is 29.4 Å². The SMILES string of the molecule is CC(C)=CCCC(C)=CCOc1ccc(C=C2NC(=O)[C@H](C)N(O)C2=O)cc1. The van der Waals surface area contributed by atoms with Crippen molar-refractivity contribution in [1.82, 2.24) is 10.4 Å². The smallest absolute Gasteiger partial charge is 0.294 e. The number of amides is 2. The summed E-state index contributed by atoms with van der Waals surface area (Å²) in [6.45, 7) is 8.24. The van der Waals surface area contributed by atoms with Gasteiger partial charge in [-0.2, -0.15) is 0 Å². The first-order valence-corrected chi connectivity index (χ1v) is 9.34. The molecule has 0 spiro atoms. The van der Waals surface area contributed by atoms with E-state index in [2.05, 4.69) is 38.2 Å². The lowest BCUT2D eigenvalue weighted by atomic mass is 10.1. The summed E-state index contributed by atoms with van der Waals surface area (Å²) in [5, 5.41) is 12.6. The molecule has 1 aromatic carbocycles. The van der Waals surface area contributed by atoms with Crippen LogP contribution >= 0.6 is 0 Å². The third-order valence-electron chi connectivity index (χ3n) is 4.41. The molecule has 0 aromatic heterocycles. The highest BCUT2D eigenvalue weighted by Crippen LogP contribution is 2.17. The van der Waals surface area contributed by atoms with Gasteiger partial charge in [0.15, 0.2) is 0 Å². The number of hydrogen-bond acceptors (Lipinski definition) is 4. The Kier molecular flexibility index (Phi) is 7.58. The average molecular weight is 384 g/mol. The lowest BCUT2D eigenvalue weighted by Crippen LogP contribution is -2.54. The third kappa shape index (κ3) is 6.09. The maximum Gasteiger partial charge on any atom is 0.294 e. The van der Waals surface area contributed by atoms with E-state index in [0.717, 1.165) is 12.8 Å². The van der Waals surface area contributed by atoms with Crippen LogP contribution in [0.3, 0.4) is 0 Å². The van der Waals surface area contributed by atoms with Gasteiger partial charge in [-0.15, -0.1) is 0 Å². The second-order valence-electron chi connectivity index (χ2n) is 7.12. The standard InChI is InChI=1S/C22H28N2O4/c1-15(2)6-5-7-16(3)12-13-28-19-10-8-18(9-11-19)14-20-22(26)24(27)17(4)21(25)23-20/h6,8-12,14,17,27H,5,7,13H2,1-4H3,(H,23,25)/t17-/m0/s1. The fraction of sp³-hybridized carbons (Fsp3) is 0.364. The van der Waals surface area contributed by atoms with Crippen molar-refractivity contribution in [2.75, 3.05) is 6.61 Å². The molecule has 1 fully saturated rings. The van der Waals surface area contributed by atoms with Crippen LogP contribution in [0.2, 0.25) is 0 Å². The molecule has 2 rings (SSSR count). The second-order valence-corrected chi connectivity index (χ2v) is 7.12. The van der Waals surface area contributed by atoms with Crippen LogP contribution in [0.5, 0.6) is 5.75 Å². The van der Waals surface area contributed by atoms with Crippen molar-refractivity contribution in [3.05, 3.63) is 58.8 Å². The lowest BCUT2D eigenvalue weighted by Gasteiger charge is -2.28. The van der Waals surface area contributed by atoms with Gasteiger partial charge >= 0.3 is 0 Å². The number of hydroxylamine groups is 2. The number of rotatable bonds is 7. The molecule has 1 heterocycles. The molecule has 0 unspecified atom stereocenters. The molecule has 0 radical (unpaired) electrons. The predicted octanol–water partition coefficient (Wildman–Crippen LogP) is 3.84. The third-order valence-corrected chi connectivity index (χ3v) is 4.41. The zero-order valence-corrected chi connectivity index (χ0v) is 16.9. The van der Waals surface area contributed by atoms with E-state index in [0.29, 0.717) is 23.0 Å². The van der Waals surface area contributed by atoms with Gasteiger partial charge in [0.1, 0.15) is 24.1 Å². The first-order valence-electron chi connectivity index (χ1n) is 9.34. The number of nitrogens with one attached hydrogen (secondary N) is 1. The zero-order chi connectivity index (χ0) is 20.7. The number of piperazine rings is 1. The topological polar surface area (TPSA) is 78.9 Å². The monoisotopic (exact) mass is 384 g/mol. The first-order chi connectivity index (χ1) is 13.3. The van der Waals surface area contributed by atoms with E-state index in [1.54, 1.807) is 24.3 Å². The van der Waals surface area contributed by atoms with Crippen LogP contribution in [0.4, 0.5) is 0 Å². The molecule has 1 saturated heterocycles. The number of hydrogen-bond donors (Lipinski definition) is 2. The summed E-state index contributed by atoms with van der Waals surface area (Å²) in [6, 6.07) is 6.26. The van der Waals surface area contributed by atoms with Gasteiger partial charge in [0.05, 0.1) is 0 Å². The van der Waals surface area contributed by atoms with Crippen LogP contribution < -0.4 is 10.1 Å². The van der Waals surface area contributed by atoms with Gasteiger partial charge in [0.25, 0.3) is 5.91 Å². The summed E-state index contributed by atoms with van der Waals surface area (Å²) < 4.78 is 5.72. The molecule has 1 aliphatic heterocycles. The number of carbonyl (C=O) groups excluding carboxylic acids is 2. The van der Waals surface area contributed by atoms with Crippen molar-refractivity contribution in [3.63, 3.8) is 0 Å². The molecular weight excluding hydrogens is 356 g/mol. The van der Waals surface area contributed by atoms with Crippen molar-refractivity contribution in [1.29, 1.82) is 0 Å². The van der Waals surface area contributed by atoms with Gasteiger partial charge < -0.3 is 10.1 Å². The summed E-state index contributed by atoms with van der Waals surface area (Å²) in [5.41, 5.74) is 3.37. The fourth-order valence-electron chi connectivity index (χ4n) is 2.60. The zero-order valence-electron chi connectivity index (χ0n) is 16.9. The van der Waals surface area contributed by atoms with Crippen LogP contribution in [-0.4, -0.2) is 34.7 Å². The summed E-state index contributed by atoms with van der Waals surface area (Å²) in [4.78, 5) is 23.8. The minimum atomic E-state index is -0.904. The minimum absolute atomic E-state index is 0.0363. The van der Waals surface area contributed by atoms with E-state index < -0.39 is 17.9 Å². The maximum atomic E-state index is 12.0. The fourth-order valence-corrected chi connectivity index (χ4v) is 2.60. The van der Waals surface area contributed by atoms with Gasteiger partial charge in [0, 0.05) is 0 Å². The highest BCUT2D eigenvalue weighted by atomic mass is 16.5. The van der Waals surface area contributed by atoms with Crippen molar-refractivity contribution >= 4 is 17.9 Å². The molecule has 150 valence electrons. The molecule has 2 N–H and O–H groups in total. The molecule has 1 atom stereocenters. The van der Waals surface area contributed by atoms with Crippen molar-refractivity contribution in [2.45, 2.75) is 46.6 Å². The van der Waals surface area contributed by atoms with Crippen LogP contribution in [0.15, 0.2) is 53.3 Å². The molecule has 0 bridgehead atoms. The largest absolute Gasteiger partial charge is 0.490 e. The number of allylic oxidation sites excluding steroid dienone is 3. The Hall–Kier alpha value is -2.86. The Morgan fingerprint density at radius 2 is 1.86 bits per heavy atom.